The van der Waals surface area contributed by atoms with E-state index in [0.717, 1.165) is 62.9 Å². The van der Waals surface area contributed by atoms with Crippen molar-refractivity contribution < 1.29 is 14.7 Å². The number of benzene rings is 1. The predicted molar refractivity (Wildman–Crippen MR) is 124 cm³/mol. The monoisotopic (exact) mass is 438 g/mol. The van der Waals surface area contributed by atoms with Crippen molar-refractivity contribution in [2.24, 2.45) is 29.1 Å². The van der Waals surface area contributed by atoms with Gasteiger partial charge in [-0.25, -0.2) is 0 Å². The predicted octanol–water partition coefficient (Wildman–Crippen LogP) is 4.46. The van der Waals surface area contributed by atoms with Crippen LogP contribution < -0.4 is 5.32 Å². The molecule has 1 aliphatic heterocycles. The Morgan fingerprint density at radius 2 is 1.50 bits per heavy atom. The van der Waals surface area contributed by atoms with Gasteiger partial charge in [0.2, 0.25) is 11.8 Å². The molecular weight excluding hydrogens is 400 g/mol. The summed E-state index contributed by atoms with van der Waals surface area (Å²) in [6.07, 6.45) is 8.87. The van der Waals surface area contributed by atoms with Crippen LogP contribution in [0.4, 0.5) is 0 Å². The Hall–Kier alpha value is -2.04. The molecule has 174 valence electrons. The zero-order chi connectivity index (χ0) is 22.5. The molecule has 1 unspecified atom stereocenters. The highest BCUT2D eigenvalue weighted by Gasteiger charge is 2.55. The Balaban J connectivity index is 1.22. The summed E-state index contributed by atoms with van der Waals surface area (Å²) in [5.41, 5.74) is 1.01. The van der Waals surface area contributed by atoms with Gasteiger partial charge in [-0.3, -0.25) is 9.59 Å². The molecule has 4 aliphatic carbocycles. The van der Waals surface area contributed by atoms with Crippen molar-refractivity contribution in [2.45, 2.75) is 77.2 Å². The van der Waals surface area contributed by atoms with E-state index in [9.17, 15) is 14.7 Å². The third-order valence-electron chi connectivity index (χ3n) is 8.91. The molecule has 0 spiro atoms. The van der Waals surface area contributed by atoms with Gasteiger partial charge in [-0.2, -0.15) is 0 Å². The van der Waals surface area contributed by atoms with Crippen molar-refractivity contribution in [3.05, 3.63) is 29.8 Å². The van der Waals surface area contributed by atoms with Crippen LogP contribution in [0.15, 0.2) is 24.3 Å². The van der Waals surface area contributed by atoms with E-state index >= 15 is 0 Å². The Morgan fingerprint density at radius 1 is 0.969 bits per heavy atom. The highest BCUT2D eigenvalue weighted by molar-refractivity contribution is 5.90. The molecule has 32 heavy (non-hydrogen) atoms. The molecule has 2 amide bonds. The minimum Gasteiger partial charge on any atom is -0.508 e. The lowest BCUT2D eigenvalue weighted by Gasteiger charge is -2.56. The van der Waals surface area contributed by atoms with Crippen LogP contribution in [0, 0.1) is 29.1 Å². The second-order valence-electron chi connectivity index (χ2n) is 11.6. The molecule has 4 bridgehead atoms. The molecule has 2 N–H and O–H groups in total. The molecule has 5 nitrogen and oxygen atoms in total. The first-order valence-electron chi connectivity index (χ1n) is 12.7. The van der Waals surface area contributed by atoms with E-state index in [1.54, 1.807) is 12.1 Å². The number of phenolic OH excluding ortho intramolecular Hbond substituents is 1. The largest absolute Gasteiger partial charge is 0.508 e. The van der Waals surface area contributed by atoms with E-state index < -0.39 is 6.04 Å². The topological polar surface area (TPSA) is 69.6 Å². The van der Waals surface area contributed by atoms with Crippen molar-refractivity contribution in [2.75, 3.05) is 13.1 Å². The van der Waals surface area contributed by atoms with Gasteiger partial charge in [0, 0.05) is 18.5 Å². The van der Waals surface area contributed by atoms with Crippen LogP contribution in [0.5, 0.6) is 5.75 Å². The van der Waals surface area contributed by atoms with Crippen LogP contribution in [-0.2, 0) is 9.59 Å². The van der Waals surface area contributed by atoms with E-state index in [2.05, 4.69) is 5.32 Å². The van der Waals surface area contributed by atoms with Gasteiger partial charge in [0.15, 0.2) is 0 Å². The van der Waals surface area contributed by atoms with E-state index in [1.807, 2.05) is 30.9 Å². The van der Waals surface area contributed by atoms with Gasteiger partial charge in [0.25, 0.3) is 0 Å². The molecular formula is C27H38N2O3. The third kappa shape index (κ3) is 4.04. The number of likely N-dealkylation sites (tertiary alicyclic amines) is 1. The lowest BCUT2D eigenvalue weighted by atomic mass is 9.49. The first kappa shape index (κ1) is 21.8. The number of hydrogen-bond acceptors (Lipinski definition) is 3. The zero-order valence-electron chi connectivity index (χ0n) is 19.6. The molecule has 1 aromatic rings. The van der Waals surface area contributed by atoms with Gasteiger partial charge in [0.05, 0.1) is 0 Å². The summed E-state index contributed by atoms with van der Waals surface area (Å²) in [5, 5.41) is 12.8. The maximum atomic E-state index is 13.6. The van der Waals surface area contributed by atoms with Crippen LogP contribution in [0.3, 0.4) is 0 Å². The van der Waals surface area contributed by atoms with Crippen LogP contribution in [0.2, 0.25) is 0 Å². The van der Waals surface area contributed by atoms with Gasteiger partial charge in [-0.15, -0.1) is 0 Å². The Labute approximate surface area is 191 Å². The molecule has 5 aliphatic rings. The molecule has 0 aromatic heterocycles. The van der Waals surface area contributed by atoms with Gasteiger partial charge in [-0.1, -0.05) is 26.0 Å². The van der Waals surface area contributed by atoms with Gasteiger partial charge in [0.1, 0.15) is 11.8 Å². The minimum atomic E-state index is -0.430. The molecule has 1 saturated heterocycles. The van der Waals surface area contributed by atoms with E-state index in [4.69, 9.17) is 0 Å². The van der Waals surface area contributed by atoms with E-state index in [1.165, 1.54) is 24.8 Å². The number of carbonyl (C=O) groups is 2. The number of nitrogens with one attached hydrogen (secondary N) is 1. The van der Waals surface area contributed by atoms with Crippen molar-refractivity contribution in [3.63, 3.8) is 0 Å². The first-order chi connectivity index (χ1) is 15.3. The Morgan fingerprint density at radius 3 is 2.00 bits per heavy atom. The number of nitrogens with zero attached hydrogens (tertiary/aromatic N) is 1. The second kappa shape index (κ2) is 8.39. The Bertz CT molecular complexity index is 819. The van der Waals surface area contributed by atoms with Crippen molar-refractivity contribution in [1.82, 2.24) is 10.2 Å². The summed E-state index contributed by atoms with van der Waals surface area (Å²) in [6, 6.07) is 7.02. The quantitative estimate of drug-likeness (QED) is 0.713. The molecule has 1 heterocycles. The lowest BCUT2D eigenvalue weighted by molar-refractivity contribution is -0.151. The summed E-state index contributed by atoms with van der Waals surface area (Å²) in [4.78, 5) is 29.0. The first-order valence-corrected chi connectivity index (χ1v) is 12.7. The number of hydrogen-bond donors (Lipinski definition) is 2. The van der Waals surface area contributed by atoms with Crippen molar-refractivity contribution in [1.29, 1.82) is 0 Å². The highest BCUT2D eigenvalue weighted by Crippen LogP contribution is 2.60. The smallest absolute Gasteiger partial charge is 0.245 e. The standard InChI is InChI=1S/C27H38N2O3/c1-17(2)24(28-26(32)27-14-18-11-19(15-27)13-20(12-18)16-27)25(31)29-9-7-22(8-10-29)21-3-5-23(30)6-4-21/h3-6,17-20,22,24,30H,7-16H2,1-2H3,(H,28,32). The van der Waals surface area contributed by atoms with Gasteiger partial charge < -0.3 is 15.3 Å². The maximum Gasteiger partial charge on any atom is 0.245 e. The zero-order valence-corrected chi connectivity index (χ0v) is 19.6. The summed E-state index contributed by atoms with van der Waals surface area (Å²) < 4.78 is 0. The second-order valence-corrected chi connectivity index (χ2v) is 11.6. The molecule has 1 atom stereocenters. The lowest BCUT2D eigenvalue weighted by Crippen LogP contribution is -2.59. The van der Waals surface area contributed by atoms with Crippen LogP contribution in [0.25, 0.3) is 0 Å². The number of piperidine rings is 1. The average Bonchev–Trinajstić information content (AvgIpc) is 2.76. The number of rotatable bonds is 5. The van der Waals surface area contributed by atoms with Crippen molar-refractivity contribution in [3.8, 4) is 5.75 Å². The summed E-state index contributed by atoms with van der Waals surface area (Å²) in [7, 11) is 0. The summed E-state index contributed by atoms with van der Waals surface area (Å²) >= 11 is 0. The van der Waals surface area contributed by atoms with E-state index in [-0.39, 0.29) is 28.9 Å². The number of aromatic hydroxyl groups is 1. The van der Waals surface area contributed by atoms with Gasteiger partial charge >= 0.3 is 0 Å². The fraction of sp³-hybridized carbons (Fsp3) is 0.704. The molecule has 6 rings (SSSR count). The SMILES string of the molecule is CC(C)C(NC(=O)C12CC3CC(CC(C3)C1)C2)C(=O)N1CCC(c2ccc(O)cc2)CC1. The maximum absolute atomic E-state index is 13.6. The number of phenols is 1. The number of amides is 2. The fourth-order valence-corrected chi connectivity index (χ4v) is 7.57. The molecule has 0 radical (unpaired) electrons. The molecule has 5 fully saturated rings. The third-order valence-corrected chi connectivity index (χ3v) is 8.91. The normalized spacial score (nSPS) is 32.8. The highest BCUT2D eigenvalue weighted by atomic mass is 16.3. The number of carbonyl (C=O) groups excluding carboxylic acids is 2. The Kier molecular flexibility index (Phi) is 5.71. The van der Waals surface area contributed by atoms with Crippen LogP contribution in [0.1, 0.15) is 76.7 Å². The summed E-state index contributed by atoms with van der Waals surface area (Å²) in [6.45, 7) is 5.54. The van der Waals surface area contributed by atoms with Crippen molar-refractivity contribution >= 4 is 11.8 Å². The van der Waals surface area contributed by atoms with Crippen LogP contribution >= 0.6 is 0 Å². The fourth-order valence-electron chi connectivity index (χ4n) is 7.57. The molecule has 4 saturated carbocycles. The molecule has 1 aromatic carbocycles. The molecule has 5 heteroatoms. The average molecular weight is 439 g/mol. The van der Waals surface area contributed by atoms with Crippen LogP contribution in [-0.4, -0.2) is 41.0 Å². The van der Waals surface area contributed by atoms with E-state index in [0.29, 0.717) is 5.92 Å². The van der Waals surface area contributed by atoms with Gasteiger partial charge in [-0.05, 0) is 98.7 Å². The summed E-state index contributed by atoms with van der Waals surface area (Å²) in [5.74, 6) is 3.19. The minimum absolute atomic E-state index is 0.0789.